The van der Waals surface area contributed by atoms with E-state index in [1.54, 1.807) is 72.3 Å². The van der Waals surface area contributed by atoms with Gasteiger partial charge in [0, 0.05) is 22.8 Å². The zero-order valence-electron chi connectivity index (χ0n) is 17.2. The summed E-state index contributed by atoms with van der Waals surface area (Å²) in [6.07, 6.45) is 1.54. The Morgan fingerprint density at radius 1 is 0.968 bits per heavy atom. The average molecular weight is 435 g/mol. The molecule has 0 saturated carbocycles. The van der Waals surface area contributed by atoms with Crippen LogP contribution in [0.3, 0.4) is 0 Å². The number of aryl methyl sites for hydroxylation is 1. The van der Waals surface area contributed by atoms with Crippen LogP contribution < -0.4 is 10.1 Å². The second-order valence-electron chi connectivity index (χ2n) is 7.23. The number of anilines is 1. The first-order valence-corrected chi connectivity index (χ1v) is 11.2. The maximum atomic E-state index is 13.3. The largest absolute Gasteiger partial charge is 0.497 e. The Balaban J connectivity index is 1.66. The first-order chi connectivity index (χ1) is 14.9. The van der Waals surface area contributed by atoms with E-state index in [0.717, 1.165) is 5.56 Å². The van der Waals surface area contributed by atoms with Crippen molar-refractivity contribution < 1.29 is 17.9 Å². The summed E-state index contributed by atoms with van der Waals surface area (Å²) < 4.78 is 33.4. The number of carbonyl (C=O) groups is 1. The molecule has 0 fully saturated rings. The van der Waals surface area contributed by atoms with Gasteiger partial charge in [-0.25, -0.2) is 8.42 Å². The second kappa shape index (κ2) is 8.28. The summed E-state index contributed by atoms with van der Waals surface area (Å²) in [6.45, 7) is 1.89. The fourth-order valence-electron chi connectivity index (χ4n) is 3.43. The first kappa shape index (κ1) is 20.7. The van der Waals surface area contributed by atoms with Crippen LogP contribution in [0.4, 0.5) is 5.69 Å². The minimum atomic E-state index is -3.73. The van der Waals surface area contributed by atoms with Gasteiger partial charge in [0.05, 0.1) is 16.9 Å². The molecule has 0 radical (unpaired) electrons. The summed E-state index contributed by atoms with van der Waals surface area (Å²) in [6, 6.07) is 20.9. The Morgan fingerprint density at radius 3 is 2.32 bits per heavy atom. The normalized spacial score (nSPS) is 11.4. The maximum absolute atomic E-state index is 13.3. The highest BCUT2D eigenvalue weighted by Gasteiger charge is 2.23. The topological polar surface area (TPSA) is 77.4 Å². The highest BCUT2D eigenvalue weighted by Crippen LogP contribution is 2.30. The number of sulfone groups is 1. The van der Waals surface area contributed by atoms with Crippen LogP contribution in [0.5, 0.6) is 5.75 Å². The van der Waals surface area contributed by atoms with E-state index < -0.39 is 9.84 Å². The van der Waals surface area contributed by atoms with Crippen molar-refractivity contribution in [2.45, 2.75) is 23.3 Å². The number of methoxy groups -OCH3 is 1. The standard InChI is InChI=1S/C24H22N2O4S/c1-17-7-13-20(14-8-17)31(28,29)23-15-26(22-6-4-3-5-21(22)23)16-24(27)25-18-9-11-19(30-2)12-10-18/h3-15H,16H2,1-2H3,(H,25,27). The van der Waals surface area contributed by atoms with Crippen molar-refractivity contribution in [2.24, 2.45) is 0 Å². The fraction of sp³-hybridized carbons (Fsp3) is 0.125. The Kier molecular flexibility index (Phi) is 5.52. The van der Waals surface area contributed by atoms with Crippen molar-refractivity contribution in [1.82, 2.24) is 4.57 Å². The smallest absolute Gasteiger partial charge is 0.244 e. The monoisotopic (exact) mass is 434 g/mol. The molecule has 7 heteroatoms. The number of rotatable bonds is 6. The molecule has 0 bridgehead atoms. The van der Waals surface area contributed by atoms with Gasteiger partial charge in [-0.1, -0.05) is 35.9 Å². The van der Waals surface area contributed by atoms with Gasteiger partial charge in [-0.05, 0) is 49.4 Å². The molecule has 4 aromatic rings. The second-order valence-corrected chi connectivity index (χ2v) is 9.15. The van der Waals surface area contributed by atoms with Crippen molar-refractivity contribution >= 4 is 32.3 Å². The van der Waals surface area contributed by atoms with E-state index in [2.05, 4.69) is 5.32 Å². The lowest BCUT2D eigenvalue weighted by Gasteiger charge is -2.08. The van der Waals surface area contributed by atoms with Gasteiger partial charge in [0.15, 0.2) is 0 Å². The van der Waals surface area contributed by atoms with Crippen molar-refractivity contribution in [3.63, 3.8) is 0 Å². The van der Waals surface area contributed by atoms with Crippen molar-refractivity contribution in [3.8, 4) is 5.75 Å². The molecule has 31 heavy (non-hydrogen) atoms. The number of hydrogen-bond acceptors (Lipinski definition) is 4. The third kappa shape index (κ3) is 4.18. The number of carbonyl (C=O) groups excluding carboxylic acids is 1. The van der Waals surface area contributed by atoms with Crippen LogP contribution in [0, 0.1) is 6.92 Å². The molecule has 0 atom stereocenters. The van der Waals surface area contributed by atoms with E-state index in [1.807, 2.05) is 19.1 Å². The third-order valence-corrected chi connectivity index (χ3v) is 6.86. The highest BCUT2D eigenvalue weighted by atomic mass is 32.2. The number of fused-ring (bicyclic) bond motifs is 1. The van der Waals surface area contributed by atoms with Gasteiger partial charge < -0.3 is 14.6 Å². The molecule has 4 rings (SSSR count). The Morgan fingerprint density at radius 2 is 1.65 bits per heavy atom. The zero-order chi connectivity index (χ0) is 22.0. The molecule has 0 aliphatic carbocycles. The van der Waals surface area contributed by atoms with Crippen LogP contribution in [0.15, 0.2) is 88.8 Å². The molecule has 1 N–H and O–H groups in total. The Bertz CT molecular complexity index is 1340. The summed E-state index contributed by atoms with van der Waals surface area (Å²) >= 11 is 0. The van der Waals surface area contributed by atoms with Crippen molar-refractivity contribution in [2.75, 3.05) is 12.4 Å². The van der Waals surface area contributed by atoms with Crippen LogP contribution in [0.2, 0.25) is 0 Å². The number of nitrogens with one attached hydrogen (secondary N) is 1. The predicted octanol–water partition coefficient (Wildman–Crippen LogP) is 4.43. The molecule has 0 aliphatic rings. The van der Waals surface area contributed by atoms with Crippen LogP contribution in [0.1, 0.15) is 5.56 Å². The summed E-state index contributed by atoms with van der Waals surface area (Å²) in [5.41, 5.74) is 2.30. The van der Waals surface area contributed by atoms with Gasteiger partial charge in [-0.2, -0.15) is 0 Å². The van der Waals surface area contributed by atoms with Gasteiger partial charge in [0.1, 0.15) is 12.3 Å². The molecule has 1 heterocycles. The molecule has 0 spiro atoms. The number of benzene rings is 3. The number of aromatic nitrogens is 1. The summed E-state index contributed by atoms with van der Waals surface area (Å²) in [4.78, 5) is 13.0. The molecule has 0 saturated heterocycles. The maximum Gasteiger partial charge on any atom is 0.244 e. The SMILES string of the molecule is COc1ccc(NC(=O)Cn2cc(S(=O)(=O)c3ccc(C)cc3)c3ccccc32)cc1. The summed E-state index contributed by atoms with van der Waals surface area (Å²) in [5, 5.41) is 3.41. The van der Waals surface area contributed by atoms with E-state index >= 15 is 0 Å². The van der Waals surface area contributed by atoms with Gasteiger partial charge in [-0.3, -0.25) is 4.79 Å². The summed E-state index contributed by atoms with van der Waals surface area (Å²) in [7, 11) is -2.15. The van der Waals surface area contributed by atoms with E-state index in [0.29, 0.717) is 22.3 Å². The Hall–Kier alpha value is -3.58. The molecule has 6 nitrogen and oxygen atoms in total. The van der Waals surface area contributed by atoms with E-state index in [1.165, 1.54) is 6.20 Å². The third-order valence-electron chi connectivity index (χ3n) is 5.06. The molecular weight excluding hydrogens is 412 g/mol. The lowest BCUT2D eigenvalue weighted by atomic mass is 10.2. The summed E-state index contributed by atoms with van der Waals surface area (Å²) in [5.74, 6) is 0.436. The Labute approximate surface area is 181 Å². The van der Waals surface area contributed by atoms with Crippen molar-refractivity contribution in [3.05, 3.63) is 84.6 Å². The van der Waals surface area contributed by atoms with Crippen LogP contribution >= 0.6 is 0 Å². The highest BCUT2D eigenvalue weighted by molar-refractivity contribution is 7.91. The zero-order valence-corrected chi connectivity index (χ0v) is 18.0. The average Bonchev–Trinajstić information content (AvgIpc) is 3.14. The number of amides is 1. The number of ether oxygens (including phenoxy) is 1. The van der Waals surface area contributed by atoms with E-state index in [4.69, 9.17) is 4.74 Å². The molecule has 0 aliphatic heterocycles. The van der Waals surface area contributed by atoms with E-state index in [-0.39, 0.29) is 22.2 Å². The van der Waals surface area contributed by atoms with Gasteiger partial charge in [-0.15, -0.1) is 0 Å². The van der Waals surface area contributed by atoms with E-state index in [9.17, 15) is 13.2 Å². The first-order valence-electron chi connectivity index (χ1n) is 9.72. The van der Waals surface area contributed by atoms with Crippen molar-refractivity contribution in [1.29, 1.82) is 0 Å². The minimum absolute atomic E-state index is 0.0179. The van der Waals surface area contributed by atoms with Crippen LogP contribution in [-0.4, -0.2) is 26.0 Å². The van der Waals surface area contributed by atoms with Crippen LogP contribution in [0.25, 0.3) is 10.9 Å². The molecule has 3 aromatic carbocycles. The number of nitrogens with zero attached hydrogens (tertiary/aromatic N) is 1. The van der Waals surface area contributed by atoms with Crippen LogP contribution in [-0.2, 0) is 21.2 Å². The molecule has 158 valence electrons. The van der Waals surface area contributed by atoms with Gasteiger partial charge in [0.2, 0.25) is 15.7 Å². The van der Waals surface area contributed by atoms with Gasteiger partial charge in [0.25, 0.3) is 0 Å². The lowest BCUT2D eigenvalue weighted by molar-refractivity contribution is -0.116. The molecule has 1 aromatic heterocycles. The fourth-order valence-corrected chi connectivity index (χ4v) is 4.91. The molecule has 0 unspecified atom stereocenters. The number of hydrogen-bond donors (Lipinski definition) is 1. The minimum Gasteiger partial charge on any atom is -0.497 e. The lowest BCUT2D eigenvalue weighted by Crippen LogP contribution is -2.18. The number of para-hydroxylation sites is 1. The molecule has 1 amide bonds. The predicted molar refractivity (Wildman–Crippen MR) is 120 cm³/mol. The van der Waals surface area contributed by atoms with Gasteiger partial charge >= 0.3 is 0 Å². The quantitative estimate of drug-likeness (QED) is 0.487. The molecular formula is C24H22N2O4S.